The Balaban J connectivity index is 1.93. The Labute approximate surface area is 124 Å². The van der Waals surface area contributed by atoms with Crippen LogP contribution < -0.4 is 5.56 Å². The van der Waals surface area contributed by atoms with Crippen LogP contribution in [-0.2, 0) is 12.1 Å². The van der Waals surface area contributed by atoms with Crippen LogP contribution in [0.5, 0.6) is 0 Å². The normalized spacial score (nSPS) is 22.6. The molecule has 2 aromatic heterocycles. The molecule has 1 aliphatic rings. The molecule has 1 atom stereocenters. The van der Waals surface area contributed by atoms with Gasteiger partial charge in [0.25, 0.3) is 5.56 Å². The van der Waals surface area contributed by atoms with E-state index in [1.165, 1.54) is 11.6 Å². The van der Waals surface area contributed by atoms with Crippen LogP contribution in [-0.4, -0.2) is 26.4 Å². The smallest absolute Gasteiger partial charge is 0.251 e. The zero-order valence-corrected chi connectivity index (χ0v) is 12.5. The average Bonchev–Trinajstić information content (AvgIpc) is 2.82. The lowest BCUT2D eigenvalue weighted by molar-refractivity contribution is 0.137. The van der Waals surface area contributed by atoms with E-state index in [9.17, 15) is 4.79 Å². The van der Waals surface area contributed by atoms with E-state index in [0.717, 1.165) is 37.4 Å². The van der Waals surface area contributed by atoms with Crippen LogP contribution in [0.2, 0.25) is 0 Å². The lowest BCUT2D eigenvalue weighted by Gasteiger charge is -2.34. The molecule has 1 saturated heterocycles. The van der Waals surface area contributed by atoms with Crippen molar-refractivity contribution >= 4 is 0 Å². The van der Waals surface area contributed by atoms with Crippen molar-refractivity contribution < 1.29 is 0 Å². The number of hydrogen-bond acceptors (Lipinski definition) is 4. The van der Waals surface area contributed by atoms with Gasteiger partial charge in [-0.2, -0.15) is 0 Å². The number of rotatable bonds is 3. The molecule has 1 unspecified atom stereocenters. The van der Waals surface area contributed by atoms with Gasteiger partial charge in [-0.3, -0.25) is 14.7 Å². The summed E-state index contributed by atoms with van der Waals surface area (Å²) in [5, 5.41) is 0. The van der Waals surface area contributed by atoms with Gasteiger partial charge < -0.3 is 4.98 Å². The van der Waals surface area contributed by atoms with E-state index in [2.05, 4.69) is 26.8 Å². The zero-order valence-electron chi connectivity index (χ0n) is 12.5. The summed E-state index contributed by atoms with van der Waals surface area (Å²) in [5.41, 5.74) is 1.71. The predicted octanol–water partition coefficient (Wildman–Crippen LogP) is 1.98. The Hall–Kier alpha value is -2.01. The van der Waals surface area contributed by atoms with Crippen molar-refractivity contribution in [1.82, 2.24) is 19.9 Å². The van der Waals surface area contributed by atoms with Gasteiger partial charge in [-0.1, -0.05) is 0 Å². The van der Waals surface area contributed by atoms with Crippen LogP contribution in [0.15, 0.2) is 35.4 Å². The third-order valence-electron chi connectivity index (χ3n) is 4.29. The highest BCUT2D eigenvalue weighted by Gasteiger charge is 2.40. The minimum absolute atomic E-state index is 0.0745. The number of aromatic nitrogens is 3. The molecule has 0 aliphatic carbocycles. The van der Waals surface area contributed by atoms with E-state index in [1.807, 2.05) is 31.5 Å². The molecular weight excluding hydrogens is 264 g/mol. The van der Waals surface area contributed by atoms with Gasteiger partial charge in [0.2, 0.25) is 0 Å². The summed E-state index contributed by atoms with van der Waals surface area (Å²) in [7, 11) is 0. The second kappa shape index (κ2) is 5.41. The molecule has 0 radical (unpaired) electrons. The number of pyridine rings is 1. The van der Waals surface area contributed by atoms with E-state index in [-0.39, 0.29) is 11.1 Å². The fourth-order valence-electron chi connectivity index (χ4n) is 3.08. The lowest BCUT2D eigenvalue weighted by Crippen LogP contribution is -2.40. The standard InChI is InChI=1S/C16H20N4O/c1-12-10-14(21)19-15(18-12)16(2)6-3-9-20(16)11-13-4-7-17-8-5-13/h4-5,7-8,10H,3,6,9,11H2,1-2H3,(H,18,19,21). The molecule has 3 rings (SSSR count). The average molecular weight is 284 g/mol. The predicted molar refractivity (Wildman–Crippen MR) is 80.8 cm³/mol. The number of aromatic amines is 1. The quantitative estimate of drug-likeness (QED) is 0.936. The van der Waals surface area contributed by atoms with Crippen LogP contribution in [0, 0.1) is 6.92 Å². The highest BCUT2D eigenvalue weighted by atomic mass is 16.1. The summed E-state index contributed by atoms with van der Waals surface area (Å²) >= 11 is 0. The van der Waals surface area contributed by atoms with Crippen molar-refractivity contribution in [2.45, 2.75) is 38.8 Å². The third kappa shape index (κ3) is 2.74. The highest BCUT2D eigenvalue weighted by Crippen LogP contribution is 2.37. The van der Waals surface area contributed by atoms with Gasteiger partial charge >= 0.3 is 0 Å². The number of aryl methyl sites for hydroxylation is 1. The van der Waals surface area contributed by atoms with Crippen molar-refractivity contribution in [2.24, 2.45) is 0 Å². The number of hydrogen-bond donors (Lipinski definition) is 1. The maximum atomic E-state index is 11.8. The Kier molecular flexibility index (Phi) is 3.59. The molecule has 110 valence electrons. The summed E-state index contributed by atoms with van der Waals surface area (Å²) in [5.74, 6) is 0.777. The molecule has 0 aromatic carbocycles. The molecule has 5 heteroatoms. The minimum atomic E-state index is -0.214. The topological polar surface area (TPSA) is 61.9 Å². The molecule has 0 bridgehead atoms. The summed E-state index contributed by atoms with van der Waals surface area (Å²) in [6.07, 6.45) is 5.74. The fraction of sp³-hybridized carbons (Fsp3) is 0.438. The molecule has 5 nitrogen and oxygen atoms in total. The Morgan fingerprint density at radius 1 is 1.38 bits per heavy atom. The Morgan fingerprint density at radius 3 is 2.86 bits per heavy atom. The van der Waals surface area contributed by atoms with E-state index in [0.29, 0.717) is 0 Å². The highest BCUT2D eigenvalue weighted by molar-refractivity contribution is 5.15. The van der Waals surface area contributed by atoms with Crippen LogP contribution in [0.4, 0.5) is 0 Å². The van der Waals surface area contributed by atoms with Crippen LogP contribution in [0.1, 0.15) is 36.8 Å². The van der Waals surface area contributed by atoms with Crippen molar-refractivity contribution in [3.8, 4) is 0 Å². The van der Waals surface area contributed by atoms with Crippen molar-refractivity contribution in [2.75, 3.05) is 6.54 Å². The molecule has 3 heterocycles. The Bertz CT molecular complexity index is 682. The van der Waals surface area contributed by atoms with Gasteiger partial charge in [0, 0.05) is 30.7 Å². The SMILES string of the molecule is Cc1cc(=O)[nH]c(C2(C)CCCN2Cc2ccncc2)n1. The molecule has 1 N–H and O–H groups in total. The molecule has 21 heavy (non-hydrogen) atoms. The first kappa shape index (κ1) is 13.9. The lowest BCUT2D eigenvalue weighted by atomic mass is 9.97. The maximum Gasteiger partial charge on any atom is 0.251 e. The first-order valence-electron chi connectivity index (χ1n) is 7.30. The first-order valence-corrected chi connectivity index (χ1v) is 7.30. The van der Waals surface area contributed by atoms with Crippen LogP contribution in [0.25, 0.3) is 0 Å². The second-order valence-electron chi connectivity index (χ2n) is 5.89. The number of nitrogens with one attached hydrogen (secondary N) is 1. The second-order valence-corrected chi connectivity index (χ2v) is 5.89. The molecule has 0 spiro atoms. The van der Waals surface area contributed by atoms with Crippen molar-refractivity contribution in [1.29, 1.82) is 0 Å². The van der Waals surface area contributed by atoms with Gasteiger partial charge in [0.15, 0.2) is 0 Å². The Morgan fingerprint density at radius 2 is 2.14 bits per heavy atom. The van der Waals surface area contributed by atoms with E-state index < -0.39 is 0 Å². The van der Waals surface area contributed by atoms with Crippen molar-refractivity contribution in [3.63, 3.8) is 0 Å². The molecule has 1 fully saturated rings. The third-order valence-corrected chi connectivity index (χ3v) is 4.29. The monoisotopic (exact) mass is 284 g/mol. The molecule has 2 aromatic rings. The number of nitrogens with zero attached hydrogens (tertiary/aromatic N) is 3. The maximum absolute atomic E-state index is 11.8. The van der Waals surface area contributed by atoms with Gasteiger partial charge in [-0.05, 0) is 50.9 Å². The molecule has 0 saturated carbocycles. The summed E-state index contributed by atoms with van der Waals surface area (Å²) in [6.45, 7) is 5.89. The summed E-state index contributed by atoms with van der Waals surface area (Å²) < 4.78 is 0. The molecule has 1 aliphatic heterocycles. The minimum Gasteiger partial charge on any atom is -0.309 e. The summed E-state index contributed by atoms with van der Waals surface area (Å²) in [6, 6.07) is 5.60. The van der Waals surface area contributed by atoms with Gasteiger partial charge in [-0.25, -0.2) is 4.98 Å². The van der Waals surface area contributed by atoms with Crippen molar-refractivity contribution in [3.05, 3.63) is 58.0 Å². The molecular formula is C16H20N4O. The van der Waals surface area contributed by atoms with E-state index in [1.54, 1.807) is 0 Å². The molecule has 0 amide bonds. The fourth-order valence-corrected chi connectivity index (χ4v) is 3.08. The van der Waals surface area contributed by atoms with Gasteiger partial charge in [-0.15, -0.1) is 0 Å². The van der Waals surface area contributed by atoms with E-state index >= 15 is 0 Å². The number of likely N-dealkylation sites (tertiary alicyclic amines) is 1. The van der Waals surface area contributed by atoms with Gasteiger partial charge in [0.1, 0.15) is 5.82 Å². The van der Waals surface area contributed by atoms with Crippen LogP contribution in [0.3, 0.4) is 0 Å². The largest absolute Gasteiger partial charge is 0.309 e. The number of H-pyrrole nitrogens is 1. The van der Waals surface area contributed by atoms with Gasteiger partial charge in [0.05, 0.1) is 5.54 Å². The summed E-state index contributed by atoms with van der Waals surface area (Å²) in [4.78, 5) is 25.7. The van der Waals surface area contributed by atoms with Crippen LogP contribution >= 0.6 is 0 Å². The zero-order chi connectivity index (χ0) is 14.9. The first-order chi connectivity index (χ1) is 10.1. The van der Waals surface area contributed by atoms with E-state index in [4.69, 9.17) is 0 Å².